The van der Waals surface area contributed by atoms with E-state index in [1.807, 2.05) is 6.07 Å². The lowest BCUT2D eigenvalue weighted by Gasteiger charge is -2.17. The maximum Gasteiger partial charge on any atom is 0.327 e. The molecule has 2 rings (SSSR count). The van der Waals surface area contributed by atoms with Crippen LogP contribution in [-0.2, 0) is 4.79 Å². The summed E-state index contributed by atoms with van der Waals surface area (Å²) >= 11 is 0. The van der Waals surface area contributed by atoms with Gasteiger partial charge in [-0.05, 0) is 12.1 Å². The van der Waals surface area contributed by atoms with Crippen LogP contribution in [0.1, 0.15) is 20.8 Å². The van der Waals surface area contributed by atoms with Gasteiger partial charge >= 0.3 is 6.03 Å². The molecule has 3 amide bonds. The Morgan fingerprint density at radius 3 is 2.55 bits per heavy atom. The molecule has 0 aromatic carbocycles. The van der Waals surface area contributed by atoms with E-state index < -0.39 is 11.4 Å². The Balaban J connectivity index is 2.17. The standard InChI is InChI=1S/C14H16N4O2/c1-14(2,3)12(19)18-13(20)17-11-10-9(6-8-16-11)5-4-7-15-10/h4-8H,1-3H3,(H2,16,17,18,19,20). The van der Waals surface area contributed by atoms with Crippen molar-refractivity contribution in [2.45, 2.75) is 20.8 Å². The lowest BCUT2D eigenvalue weighted by molar-refractivity contribution is -0.127. The summed E-state index contributed by atoms with van der Waals surface area (Å²) in [6.45, 7) is 5.19. The van der Waals surface area contributed by atoms with Crippen LogP contribution in [0.15, 0.2) is 30.6 Å². The summed E-state index contributed by atoms with van der Waals surface area (Å²) < 4.78 is 0. The predicted octanol–water partition coefficient (Wildman–Crippen LogP) is 2.32. The molecule has 0 saturated heterocycles. The topological polar surface area (TPSA) is 84.0 Å². The lowest BCUT2D eigenvalue weighted by Crippen LogP contribution is -2.41. The number of anilines is 1. The Morgan fingerprint density at radius 2 is 1.85 bits per heavy atom. The number of fused-ring (bicyclic) bond motifs is 1. The van der Waals surface area contributed by atoms with Crippen molar-refractivity contribution in [1.29, 1.82) is 0 Å². The molecule has 0 aliphatic heterocycles. The SMILES string of the molecule is CC(C)(C)C(=O)NC(=O)Nc1nccc2cccnc12. The third-order valence-corrected chi connectivity index (χ3v) is 2.66. The molecule has 2 heterocycles. The fourth-order valence-electron chi connectivity index (χ4n) is 1.52. The number of pyridine rings is 2. The molecule has 2 aromatic heterocycles. The molecule has 0 atom stereocenters. The van der Waals surface area contributed by atoms with Crippen LogP contribution in [0, 0.1) is 5.41 Å². The summed E-state index contributed by atoms with van der Waals surface area (Å²) in [5, 5.41) is 5.68. The van der Waals surface area contributed by atoms with Gasteiger partial charge in [-0.25, -0.2) is 9.78 Å². The van der Waals surface area contributed by atoms with Crippen molar-refractivity contribution < 1.29 is 9.59 Å². The van der Waals surface area contributed by atoms with Crippen LogP contribution in [0.3, 0.4) is 0 Å². The van der Waals surface area contributed by atoms with Gasteiger partial charge in [0, 0.05) is 23.2 Å². The van der Waals surface area contributed by atoms with E-state index in [-0.39, 0.29) is 5.91 Å². The summed E-state index contributed by atoms with van der Waals surface area (Å²) in [6, 6.07) is 4.85. The minimum absolute atomic E-state index is 0.322. The van der Waals surface area contributed by atoms with Crippen molar-refractivity contribution in [2.24, 2.45) is 5.41 Å². The highest BCUT2D eigenvalue weighted by Crippen LogP contribution is 2.18. The first-order valence-corrected chi connectivity index (χ1v) is 6.20. The van der Waals surface area contributed by atoms with Crippen LogP contribution in [-0.4, -0.2) is 21.9 Å². The molecule has 0 radical (unpaired) electrons. The second kappa shape index (κ2) is 5.24. The van der Waals surface area contributed by atoms with Gasteiger partial charge in [0.2, 0.25) is 5.91 Å². The summed E-state index contributed by atoms with van der Waals surface area (Å²) in [5.41, 5.74) is -0.0599. The average Bonchev–Trinajstić information content (AvgIpc) is 2.38. The Labute approximate surface area is 116 Å². The molecule has 20 heavy (non-hydrogen) atoms. The van der Waals surface area contributed by atoms with Crippen LogP contribution >= 0.6 is 0 Å². The lowest BCUT2D eigenvalue weighted by atomic mass is 9.96. The Morgan fingerprint density at radius 1 is 1.10 bits per heavy atom. The monoisotopic (exact) mass is 272 g/mol. The van der Waals surface area contributed by atoms with E-state index in [0.717, 1.165) is 5.39 Å². The molecule has 0 bridgehead atoms. The van der Waals surface area contributed by atoms with E-state index in [9.17, 15) is 9.59 Å². The minimum atomic E-state index is -0.637. The number of imide groups is 1. The maximum absolute atomic E-state index is 11.8. The van der Waals surface area contributed by atoms with Crippen LogP contribution in [0.5, 0.6) is 0 Å². The van der Waals surface area contributed by atoms with Crippen molar-refractivity contribution in [2.75, 3.05) is 5.32 Å². The Bertz CT molecular complexity index is 656. The average molecular weight is 272 g/mol. The number of hydrogen-bond donors (Lipinski definition) is 2. The molecule has 0 fully saturated rings. The molecule has 0 spiro atoms. The molecular formula is C14H16N4O2. The van der Waals surface area contributed by atoms with E-state index in [1.165, 1.54) is 0 Å². The molecule has 0 saturated carbocycles. The summed E-state index contributed by atoms with van der Waals surface area (Å²) in [6.07, 6.45) is 3.19. The largest absolute Gasteiger partial charge is 0.327 e. The number of amides is 3. The highest BCUT2D eigenvalue weighted by atomic mass is 16.2. The number of aromatic nitrogens is 2. The first-order chi connectivity index (χ1) is 9.38. The maximum atomic E-state index is 11.8. The van der Waals surface area contributed by atoms with E-state index in [2.05, 4.69) is 20.6 Å². The number of nitrogens with one attached hydrogen (secondary N) is 2. The van der Waals surface area contributed by atoms with Gasteiger partial charge in [-0.2, -0.15) is 0 Å². The predicted molar refractivity (Wildman–Crippen MR) is 76.2 cm³/mol. The first-order valence-electron chi connectivity index (χ1n) is 6.20. The highest BCUT2D eigenvalue weighted by Gasteiger charge is 2.23. The number of carbonyl (C=O) groups is 2. The molecule has 0 aliphatic rings. The summed E-state index contributed by atoms with van der Waals surface area (Å²) in [5.74, 6) is -0.0366. The Kier molecular flexibility index (Phi) is 3.65. The highest BCUT2D eigenvalue weighted by molar-refractivity contribution is 6.05. The number of urea groups is 1. The van der Waals surface area contributed by atoms with Crippen LogP contribution in [0.25, 0.3) is 10.9 Å². The number of rotatable bonds is 1. The molecule has 0 unspecified atom stereocenters. The zero-order valence-electron chi connectivity index (χ0n) is 11.6. The zero-order valence-corrected chi connectivity index (χ0v) is 11.6. The van der Waals surface area contributed by atoms with Crippen LogP contribution in [0.4, 0.5) is 10.6 Å². The van der Waals surface area contributed by atoms with E-state index in [4.69, 9.17) is 0 Å². The van der Waals surface area contributed by atoms with Crippen molar-refractivity contribution >= 4 is 28.7 Å². The van der Waals surface area contributed by atoms with Gasteiger partial charge in [0.15, 0.2) is 5.82 Å². The third kappa shape index (κ3) is 3.09. The van der Waals surface area contributed by atoms with Gasteiger partial charge in [-0.3, -0.25) is 20.4 Å². The molecular weight excluding hydrogens is 256 g/mol. The molecule has 2 aromatic rings. The van der Waals surface area contributed by atoms with Gasteiger partial charge in [0.05, 0.1) is 0 Å². The molecule has 6 nitrogen and oxygen atoms in total. The number of carbonyl (C=O) groups excluding carboxylic acids is 2. The van der Waals surface area contributed by atoms with Crippen LogP contribution < -0.4 is 10.6 Å². The second-order valence-electron chi connectivity index (χ2n) is 5.39. The van der Waals surface area contributed by atoms with Gasteiger partial charge in [-0.15, -0.1) is 0 Å². The van der Waals surface area contributed by atoms with Crippen molar-refractivity contribution in [3.8, 4) is 0 Å². The van der Waals surface area contributed by atoms with Gasteiger partial charge in [-0.1, -0.05) is 26.8 Å². The molecule has 6 heteroatoms. The van der Waals surface area contributed by atoms with Crippen molar-refractivity contribution in [3.63, 3.8) is 0 Å². The first kappa shape index (κ1) is 13.9. The van der Waals surface area contributed by atoms with Gasteiger partial charge < -0.3 is 0 Å². The van der Waals surface area contributed by atoms with Gasteiger partial charge in [0.25, 0.3) is 0 Å². The minimum Gasteiger partial charge on any atom is -0.290 e. The quantitative estimate of drug-likeness (QED) is 0.834. The smallest absolute Gasteiger partial charge is 0.290 e. The van der Waals surface area contributed by atoms with Crippen molar-refractivity contribution in [1.82, 2.24) is 15.3 Å². The fourth-order valence-corrected chi connectivity index (χ4v) is 1.52. The number of hydrogen-bond acceptors (Lipinski definition) is 4. The molecule has 104 valence electrons. The molecule has 0 aliphatic carbocycles. The fraction of sp³-hybridized carbons (Fsp3) is 0.286. The summed E-state index contributed by atoms with van der Waals surface area (Å²) in [4.78, 5) is 31.8. The van der Waals surface area contributed by atoms with Crippen molar-refractivity contribution in [3.05, 3.63) is 30.6 Å². The van der Waals surface area contributed by atoms with Gasteiger partial charge in [0.1, 0.15) is 5.52 Å². The number of nitrogens with zero attached hydrogens (tertiary/aromatic N) is 2. The van der Waals surface area contributed by atoms with E-state index >= 15 is 0 Å². The van der Waals surface area contributed by atoms with E-state index in [1.54, 1.807) is 45.3 Å². The van der Waals surface area contributed by atoms with Crippen LogP contribution in [0.2, 0.25) is 0 Å². The Hall–Kier alpha value is -2.50. The summed E-state index contributed by atoms with van der Waals surface area (Å²) in [7, 11) is 0. The molecule has 2 N–H and O–H groups in total. The van der Waals surface area contributed by atoms with E-state index in [0.29, 0.717) is 11.3 Å². The second-order valence-corrected chi connectivity index (χ2v) is 5.39. The third-order valence-electron chi connectivity index (χ3n) is 2.66. The zero-order chi connectivity index (χ0) is 14.8. The normalized spacial score (nSPS) is 11.2.